The number of ether oxygens (including phenoxy) is 3. The lowest BCUT2D eigenvalue weighted by Crippen LogP contribution is -2.55. The molecule has 1 fully saturated rings. The van der Waals surface area contributed by atoms with Gasteiger partial charge in [-0.3, -0.25) is 19.6 Å². The van der Waals surface area contributed by atoms with Crippen LogP contribution in [0.3, 0.4) is 0 Å². The molecule has 1 aliphatic heterocycles. The fraction of sp³-hybridized carbons (Fsp3) is 0.269. The molecule has 458 valence electrons. The largest absolute Gasteiger partial charge is 0.461 e. The minimum Gasteiger partial charge on any atom is -0.428 e. The van der Waals surface area contributed by atoms with Crippen LogP contribution in [0.15, 0.2) is 145 Å². The maximum absolute atomic E-state index is 14.8. The van der Waals surface area contributed by atoms with Gasteiger partial charge in [-0.2, -0.15) is 87.8 Å². The summed E-state index contributed by atoms with van der Waals surface area (Å²) in [5.41, 5.74) is -14.5. The Morgan fingerprint density at radius 3 is 1.25 bits per heavy atom. The van der Waals surface area contributed by atoms with Gasteiger partial charge in [-0.25, -0.2) is 8.78 Å². The third-order valence-electron chi connectivity index (χ3n) is 12.0. The first-order valence-corrected chi connectivity index (χ1v) is 23.9. The average molecular weight is 1280 g/mol. The Morgan fingerprint density at radius 1 is 0.553 bits per heavy atom. The zero-order valence-corrected chi connectivity index (χ0v) is 42.9. The Labute approximate surface area is 472 Å². The van der Waals surface area contributed by atoms with Crippen LogP contribution in [0.5, 0.6) is 11.5 Å². The van der Waals surface area contributed by atoms with Crippen LogP contribution in [-0.4, -0.2) is 83.3 Å². The highest BCUT2D eigenvalue weighted by molar-refractivity contribution is 6.30. The number of pyridine rings is 2. The highest BCUT2D eigenvalue weighted by atomic mass is 35.5. The van der Waals surface area contributed by atoms with Gasteiger partial charge in [0.25, 0.3) is 11.5 Å². The van der Waals surface area contributed by atoms with E-state index in [2.05, 4.69) is 24.2 Å². The lowest BCUT2D eigenvalue weighted by atomic mass is 9.80. The van der Waals surface area contributed by atoms with Gasteiger partial charge in [0.1, 0.15) is 39.8 Å². The van der Waals surface area contributed by atoms with Gasteiger partial charge in [0.2, 0.25) is 5.91 Å². The number of benzene rings is 4. The topological polar surface area (TPSA) is 115 Å². The van der Waals surface area contributed by atoms with Crippen molar-refractivity contribution in [2.75, 3.05) is 0 Å². The summed E-state index contributed by atoms with van der Waals surface area (Å²) in [5.74, 6) is -9.25. The Bertz CT molecular complexity index is 3310. The van der Waals surface area contributed by atoms with Crippen LogP contribution in [0.25, 0.3) is 0 Å². The van der Waals surface area contributed by atoms with Crippen molar-refractivity contribution in [3.05, 3.63) is 201 Å². The van der Waals surface area contributed by atoms with Crippen LogP contribution < -0.4 is 20.1 Å². The summed E-state index contributed by atoms with van der Waals surface area (Å²) < 4.78 is 308. The molecule has 6 aromatic rings. The predicted octanol–water partition coefficient (Wildman–Crippen LogP) is 14.7. The summed E-state index contributed by atoms with van der Waals surface area (Å²) >= 11 is 11.7. The Kier molecular flexibility index (Phi) is 19.4. The Morgan fingerprint density at radius 2 is 0.929 bits per heavy atom. The monoisotopic (exact) mass is 1280 g/mol. The van der Waals surface area contributed by atoms with Crippen LogP contribution in [0.2, 0.25) is 10.0 Å². The summed E-state index contributed by atoms with van der Waals surface area (Å²) in [7, 11) is 0. The van der Waals surface area contributed by atoms with Crippen molar-refractivity contribution >= 4 is 35.0 Å². The van der Waals surface area contributed by atoms with Gasteiger partial charge in [0, 0.05) is 43.4 Å². The zero-order chi connectivity index (χ0) is 63.5. The fourth-order valence-corrected chi connectivity index (χ4v) is 8.42. The van der Waals surface area contributed by atoms with Gasteiger partial charge in [0.05, 0.1) is 21.4 Å². The number of nitrogens with one attached hydrogen (secondary N) is 2. The van der Waals surface area contributed by atoms with Crippen molar-refractivity contribution in [2.24, 2.45) is 0 Å². The van der Waals surface area contributed by atoms with E-state index < -0.39 is 143 Å². The second-order valence-electron chi connectivity index (χ2n) is 17.9. The van der Waals surface area contributed by atoms with Gasteiger partial charge in [-0.05, 0) is 70.8 Å². The number of aromatic nitrogens is 2. The molecular formula is C52H32Cl2F22N4O5. The highest BCUT2D eigenvalue weighted by Crippen LogP contribution is 2.59. The molecule has 0 saturated carbocycles. The summed E-state index contributed by atoms with van der Waals surface area (Å²) in [6, 6.07) is 21.8. The minimum atomic E-state index is -6.10. The molecule has 0 radical (unpaired) electrons. The second-order valence-corrected chi connectivity index (χ2v) is 18.8. The van der Waals surface area contributed by atoms with Crippen molar-refractivity contribution in [2.45, 2.75) is 85.4 Å². The van der Waals surface area contributed by atoms with E-state index in [1.54, 1.807) is 0 Å². The summed E-state index contributed by atoms with van der Waals surface area (Å²) in [6.07, 6.45) is -46.5. The molecular weight excluding hydrogens is 1250 g/mol. The highest BCUT2D eigenvalue weighted by Gasteiger charge is 2.89. The van der Waals surface area contributed by atoms with Gasteiger partial charge < -0.3 is 24.8 Å². The first-order chi connectivity index (χ1) is 39.2. The Hall–Kier alpha value is -7.54. The molecule has 1 saturated heterocycles. The first kappa shape index (κ1) is 66.6. The van der Waals surface area contributed by atoms with Crippen LogP contribution in [0.1, 0.15) is 33.6 Å². The van der Waals surface area contributed by atoms with Gasteiger partial charge >= 0.3 is 49.8 Å². The molecule has 1 aliphatic rings. The van der Waals surface area contributed by atoms with Crippen molar-refractivity contribution in [3.63, 3.8) is 0 Å². The summed E-state index contributed by atoms with van der Waals surface area (Å²) in [5, 5.41) is 3.93. The third kappa shape index (κ3) is 15.5. The first-order valence-electron chi connectivity index (χ1n) is 23.1. The molecule has 3 atom stereocenters. The number of rotatable bonds is 18. The van der Waals surface area contributed by atoms with E-state index in [9.17, 15) is 106 Å². The van der Waals surface area contributed by atoms with Crippen molar-refractivity contribution in [3.8, 4) is 11.5 Å². The third-order valence-corrected chi connectivity index (χ3v) is 12.4. The minimum absolute atomic E-state index is 0.0187. The molecule has 0 spiro atoms. The molecule has 9 nitrogen and oxygen atoms in total. The quantitative estimate of drug-likeness (QED) is 0.0500. The van der Waals surface area contributed by atoms with Crippen LogP contribution in [-0.2, 0) is 38.2 Å². The van der Waals surface area contributed by atoms with E-state index in [1.807, 2.05) is 10.6 Å². The number of hydrogen-bond acceptors (Lipinski definition) is 7. The standard InChI is InChI=1S/C26H16ClF11N2O3.C26H16ClF11N2O2/c27-15-6-7-18(39-12-15)22(11-13-4-2-1-3-5-13,14-8-16(28)10-17(9-14)42-24(31,32)21(29)30)40-20(41)19-23(43-19,25(33,34)35)26(36,37)38;27-16-6-7-20(39-13-16)23(12-14-4-2-1-3-5-14,40-21(41)11-19(24(31,32)33)25(34,35)36)15-8-17(28)10-18(9-15)42-26(37,38)22(29)30/h1-10,12,19,21H,11H2,(H,40,41);1-11,13,22H,12H2,(H,40,41)/t19?,22-;23-/m00/s1. The smallest absolute Gasteiger partial charge is 0.428 e. The van der Waals surface area contributed by atoms with Gasteiger partial charge in [0.15, 0.2) is 6.10 Å². The molecule has 4 aromatic carbocycles. The molecule has 85 heavy (non-hydrogen) atoms. The van der Waals surface area contributed by atoms with E-state index in [0.29, 0.717) is 24.3 Å². The van der Waals surface area contributed by atoms with Crippen LogP contribution >= 0.6 is 23.2 Å². The van der Waals surface area contributed by atoms with E-state index in [0.717, 1.165) is 36.7 Å². The lowest BCUT2D eigenvalue weighted by molar-refractivity contribution is -0.292. The molecule has 2 aromatic heterocycles. The maximum Gasteiger partial charge on any atom is 0.461 e. The SMILES string of the molecule is O=C(C=C(C(F)(F)F)C(F)(F)F)N[C@@](Cc1ccccc1)(c1cc(F)cc(OC(F)(F)C(F)F)c1)c1ccc(Cl)cn1.O=C(N[C@@](Cc1ccccc1)(c1cc(F)cc(OC(F)(F)C(F)F)c1)c1ccc(Cl)cn1)C1OC1(C(F)(F)F)C(F)(F)F. The summed E-state index contributed by atoms with van der Waals surface area (Å²) in [4.78, 5) is 34.0. The predicted molar refractivity (Wildman–Crippen MR) is 252 cm³/mol. The number of epoxide rings is 1. The van der Waals surface area contributed by atoms with E-state index in [4.69, 9.17) is 23.2 Å². The van der Waals surface area contributed by atoms with Crippen molar-refractivity contribution < 1.29 is 120 Å². The van der Waals surface area contributed by atoms with E-state index in [-0.39, 0.29) is 44.7 Å². The number of allylic oxidation sites excluding steroid dienone is 1. The number of hydrogen-bond donors (Lipinski definition) is 2. The van der Waals surface area contributed by atoms with Crippen LogP contribution in [0, 0.1) is 11.6 Å². The number of nitrogens with zero attached hydrogens (tertiary/aromatic N) is 2. The van der Waals surface area contributed by atoms with Crippen molar-refractivity contribution in [1.82, 2.24) is 20.6 Å². The number of amides is 2. The number of carbonyl (C=O) groups excluding carboxylic acids is 2. The average Bonchev–Trinajstić information content (AvgIpc) is 3.19. The number of carbonyl (C=O) groups is 2. The number of halogens is 24. The Balaban J connectivity index is 0.000000272. The van der Waals surface area contributed by atoms with Gasteiger partial charge in [-0.1, -0.05) is 83.9 Å². The molecule has 1 unspecified atom stereocenters. The van der Waals surface area contributed by atoms with Gasteiger partial charge in [-0.15, -0.1) is 0 Å². The van der Waals surface area contributed by atoms with Crippen molar-refractivity contribution in [1.29, 1.82) is 0 Å². The molecule has 0 aliphatic carbocycles. The molecule has 3 heterocycles. The fourth-order valence-electron chi connectivity index (χ4n) is 8.20. The second kappa shape index (κ2) is 24.8. The van der Waals surface area contributed by atoms with E-state index >= 15 is 0 Å². The number of alkyl halides is 20. The van der Waals surface area contributed by atoms with Crippen LogP contribution in [0.4, 0.5) is 96.6 Å². The molecule has 2 N–H and O–H groups in total. The normalized spacial score (nSPS) is 16.0. The van der Waals surface area contributed by atoms with E-state index in [1.165, 1.54) is 60.7 Å². The zero-order valence-electron chi connectivity index (χ0n) is 41.4. The molecule has 2 amide bonds. The lowest BCUT2D eigenvalue weighted by Gasteiger charge is -2.36. The summed E-state index contributed by atoms with van der Waals surface area (Å²) in [6.45, 7) is 0. The molecule has 0 bridgehead atoms. The molecule has 7 rings (SSSR count). The maximum atomic E-state index is 14.8. The molecule has 33 heteroatoms.